The van der Waals surface area contributed by atoms with Crippen molar-refractivity contribution in [3.63, 3.8) is 0 Å². The molecule has 2 aromatic rings. The summed E-state index contributed by atoms with van der Waals surface area (Å²) >= 11 is 12.2. The standard InChI is InChI=1S/C24H20Cl2FNO3/c25-16-10-11-22(31-14-15-5-1-2-12-24(15,26)27)19(13-16)17-6-3-7-18(17)20-8-4-9-21(28-20)23(29)30/h1-2,4-5,8-13,15H,3,6-7,14H2,(H,29,30). The summed E-state index contributed by atoms with van der Waals surface area (Å²) in [5, 5.41) is 7.83. The molecule has 0 bridgehead atoms. The molecular weight excluding hydrogens is 440 g/mol. The van der Waals surface area contributed by atoms with Crippen LogP contribution >= 0.6 is 23.2 Å². The number of rotatable bonds is 6. The van der Waals surface area contributed by atoms with Gasteiger partial charge in [0.2, 0.25) is 5.13 Å². The molecule has 2 atom stereocenters. The minimum atomic E-state index is -2.00. The molecule has 0 amide bonds. The Labute approximate surface area is 189 Å². The van der Waals surface area contributed by atoms with Crippen molar-refractivity contribution in [1.82, 2.24) is 4.98 Å². The number of nitrogens with zero attached hydrogens (tertiary/aromatic N) is 1. The summed E-state index contributed by atoms with van der Waals surface area (Å²) in [5.74, 6) is -1.13. The van der Waals surface area contributed by atoms with Gasteiger partial charge >= 0.3 is 5.97 Å². The summed E-state index contributed by atoms with van der Waals surface area (Å²) in [7, 11) is 0. The molecule has 160 valence electrons. The lowest BCUT2D eigenvalue weighted by Crippen LogP contribution is -2.29. The van der Waals surface area contributed by atoms with E-state index in [9.17, 15) is 14.3 Å². The summed E-state index contributed by atoms with van der Waals surface area (Å²) < 4.78 is 20.6. The Morgan fingerprint density at radius 3 is 2.81 bits per heavy atom. The van der Waals surface area contributed by atoms with Gasteiger partial charge < -0.3 is 9.84 Å². The number of aromatic nitrogens is 1. The van der Waals surface area contributed by atoms with E-state index in [1.807, 2.05) is 12.1 Å². The molecule has 7 heteroatoms. The third-order valence-corrected chi connectivity index (χ3v) is 6.09. The zero-order valence-corrected chi connectivity index (χ0v) is 18.0. The first-order chi connectivity index (χ1) is 14.8. The molecule has 0 spiro atoms. The molecule has 0 fully saturated rings. The van der Waals surface area contributed by atoms with Crippen LogP contribution in [0.2, 0.25) is 5.02 Å². The zero-order chi connectivity index (χ0) is 22.0. The van der Waals surface area contributed by atoms with Crippen LogP contribution in [0.3, 0.4) is 0 Å². The first kappa shape index (κ1) is 21.6. The zero-order valence-electron chi connectivity index (χ0n) is 16.5. The number of carboxylic acids is 1. The fourth-order valence-electron chi connectivity index (χ4n) is 3.89. The first-order valence-electron chi connectivity index (χ1n) is 9.94. The normalized spacial score (nSPS) is 22.7. The highest BCUT2D eigenvalue weighted by Gasteiger charge is 2.35. The van der Waals surface area contributed by atoms with E-state index in [0.29, 0.717) is 16.5 Å². The van der Waals surface area contributed by atoms with Crippen molar-refractivity contribution in [3.05, 3.63) is 82.7 Å². The second kappa shape index (κ2) is 8.85. The van der Waals surface area contributed by atoms with Gasteiger partial charge in [-0.3, -0.25) is 0 Å². The lowest BCUT2D eigenvalue weighted by molar-refractivity contribution is 0.0690. The third-order valence-electron chi connectivity index (χ3n) is 5.45. The van der Waals surface area contributed by atoms with E-state index in [1.54, 1.807) is 36.4 Å². The van der Waals surface area contributed by atoms with E-state index in [1.165, 1.54) is 12.1 Å². The van der Waals surface area contributed by atoms with Crippen molar-refractivity contribution in [3.8, 4) is 5.75 Å². The molecule has 1 heterocycles. The number of alkyl halides is 2. The molecule has 2 unspecified atom stereocenters. The van der Waals surface area contributed by atoms with Crippen LogP contribution in [0.4, 0.5) is 4.39 Å². The van der Waals surface area contributed by atoms with E-state index >= 15 is 0 Å². The van der Waals surface area contributed by atoms with Crippen LogP contribution < -0.4 is 4.74 Å². The van der Waals surface area contributed by atoms with E-state index in [4.69, 9.17) is 27.9 Å². The molecule has 0 aliphatic heterocycles. The highest BCUT2D eigenvalue weighted by molar-refractivity contribution is 6.30. The maximum absolute atomic E-state index is 14.6. The maximum Gasteiger partial charge on any atom is 0.354 e. The van der Waals surface area contributed by atoms with Gasteiger partial charge in [0.1, 0.15) is 11.4 Å². The largest absolute Gasteiger partial charge is 0.492 e. The molecule has 4 nitrogen and oxygen atoms in total. The molecule has 31 heavy (non-hydrogen) atoms. The summed E-state index contributed by atoms with van der Waals surface area (Å²) in [4.78, 5) is 15.6. The average molecular weight is 460 g/mol. The predicted molar refractivity (Wildman–Crippen MR) is 120 cm³/mol. The fourth-order valence-corrected chi connectivity index (χ4v) is 4.27. The summed E-state index contributed by atoms with van der Waals surface area (Å²) in [5.41, 5.74) is 3.40. The number of carboxylic acid groups (broad SMARTS) is 1. The molecule has 0 saturated carbocycles. The third kappa shape index (κ3) is 4.68. The number of hydrogen-bond acceptors (Lipinski definition) is 3. The summed E-state index contributed by atoms with van der Waals surface area (Å²) in [6, 6.07) is 10.3. The summed E-state index contributed by atoms with van der Waals surface area (Å²) in [6.45, 7) is 0.0604. The van der Waals surface area contributed by atoms with Gasteiger partial charge in [-0.25, -0.2) is 14.2 Å². The van der Waals surface area contributed by atoms with Gasteiger partial charge in [-0.2, -0.15) is 0 Å². The van der Waals surface area contributed by atoms with Gasteiger partial charge in [0.05, 0.1) is 18.2 Å². The molecule has 2 aliphatic carbocycles. The lowest BCUT2D eigenvalue weighted by atomic mass is 9.98. The predicted octanol–water partition coefficient (Wildman–Crippen LogP) is 6.55. The quantitative estimate of drug-likeness (QED) is 0.497. The SMILES string of the molecule is O=C(O)c1cccc(C2=C(c3cc(Cl)ccc3OCC3C=CC=CC3(F)Cl)CCC2)n1. The van der Waals surface area contributed by atoms with Crippen LogP contribution in [0.15, 0.2) is 60.7 Å². The molecule has 2 aliphatic rings. The fraction of sp³-hybridized carbons (Fsp3) is 0.250. The van der Waals surface area contributed by atoms with Gasteiger partial charge in [-0.05, 0) is 66.8 Å². The topological polar surface area (TPSA) is 59.4 Å². The number of halogens is 3. The molecule has 1 aromatic carbocycles. The number of pyridine rings is 1. The van der Waals surface area contributed by atoms with Crippen LogP contribution in [0.5, 0.6) is 5.75 Å². The first-order valence-corrected chi connectivity index (χ1v) is 10.7. The maximum atomic E-state index is 14.6. The molecule has 1 aromatic heterocycles. The Balaban J connectivity index is 1.68. The number of benzene rings is 1. The van der Waals surface area contributed by atoms with Gasteiger partial charge in [0.25, 0.3) is 0 Å². The summed E-state index contributed by atoms with van der Waals surface area (Å²) in [6.07, 6.45) is 8.76. The Hall–Kier alpha value is -2.63. The Bertz CT molecular complexity index is 1110. The van der Waals surface area contributed by atoms with Gasteiger partial charge in [0, 0.05) is 10.6 Å². The number of hydrogen-bond donors (Lipinski definition) is 1. The number of allylic oxidation sites excluding steroid dienone is 5. The Morgan fingerprint density at radius 2 is 2.03 bits per heavy atom. The average Bonchev–Trinajstić information content (AvgIpc) is 3.23. The van der Waals surface area contributed by atoms with E-state index in [0.717, 1.165) is 36.0 Å². The van der Waals surface area contributed by atoms with Gasteiger partial charge in [0.15, 0.2) is 0 Å². The van der Waals surface area contributed by atoms with Crippen molar-refractivity contribution in [1.29, 1.82) is 0 Å². The van der Waals surface area contributed by atoms with E-state index in [-0.39, 0.29) is 12.3 Å². The van der Waals surface area contributed by atoms with Crippen molar-refractivity contribution in [2.45, 2.75) is 24.4 Å². The van der Waals surface area contributed by atoms with Crippen LogP contribution in [0, 0.1) is 5.92 Å². The smallest absolute Gasteiger partial charge is 0.354 e. The number of ether oxygens (including phenoxy) is 1. The molecule has 1 N–H and O–H groups in total. The Morgan fingerprint density at radius 1 is 1.23 bits per heavy atom. The molecular formula is C24H20Cl2FNO3. The number of aromatic carboxylic acids is 1. The van der Waals surface area contributed by atoms with E-state index < -0.39 is 17.0 Å². The highest BCUT2D eigenvalue weighted by Crippen LogP contribution is 2.43. The van der Waals surface area contributed by atoms with Gasteiger partial charge in [-0.15, -0.1) is 0 Å². The monoisotopic (exact) mass is 459 g/mol. The van der Waals surface area contributed by atoms with Crippen LogP contribution in [0.1, 0.15) is 41.0 Å². The minimum absolute atomic E-state index is 0.00245. The van der Waals surface area contributed by atoms with Crippen LogP contribution in [-0.2, 0) is 0 Å². The van der Waals surface area contributed by atoms with Crippen molar-refractivity contribution in [2.75, 3.05) is 6.61 Å². The molecule has 0 radical (unpaired) electrons. The van der Waals surface area contributed by atoms with E-state index in [2.05, 4.69) is 4.98 Å². The lowest BCUT2D eigenvalue weighted by Gasteiger charge is -2.25. The molecule has 4 rings (SSSR count). The van der Waals surface area contributed by atoms with Crippen LogP contribution in [0.25, 0.3) is 11.1 Å². The second-order valence-electron chi connectivity index (χ2n) is 7.50. The van der Waals surface area contributed by atoms with Crippen molar-refractivity contribution >= 4 is 40.3 Å². The highest BCUT2D eigenvalue weighted by atomic mass is 35.5. The Kier molecular flexibility index (Phi) is 6.17. The van der Waals surface area contributed by atoms with Gasteiger partial charge in [-0.1, -0.05) is 47.5 Å². The van der Waals surface area contributed by atoms with Crippen molar-refractivity contribution in [2.24, 2.45) is 5.92 Å². The number of carbonyl (C=O) groups is 1. The molecule has 0 saturated heterocycles. The second-order valence-corrected chi connectivity index (χ2v) is 8.52. The van der Waals surface area contributed by atoms with Crippen molar-refractivity contribution < 1.29 is 19.0 Å². The minimum Gasteiger partial charge on any atom is -0.492 e. The van der Waals surface area contributed by atoms with Crippen LogP contribution in [-0.4, -0.2) is 27.8 Å².